The minimum absolute atomic E-state index is 0.406. The van der Waals surface area contributed by atoms with Gasteiger partial charge in [-0.3, -0.25) is 0 Å². The van der Waals surface area contributed by atoms with Crippen molar-refractivity contribution in [3.05, 3.63) is 27.7 Å². The van der Waals surface area contributed by atoms with Crippen molar-refractivity contribution < 1.29 is 9.53 Å². The van der Waals surface area contributed by atoms with E-state index in [0.29, 0.717) is 18.9 Å². The molecule has 0 bridgehead atoms. The average Bonchev–Trinajstić information content (AvgIpc) is 2.23. The monoisotopic (exact) mass is 284 g/mol. The fourth-order valence-corrected chi connectivity index (χ4v) is 1.82. The molecule has 0 aliphatic rings. The molecular weight excluding hydrogens is 268 g/mol. The van der Waals surface area contributed by atoms with Gasteiger partial charge in [-0.2, -0.15) is 0 Å². The molecule has 0 N–H and O–H groups in total. The molecule has 0 unspecified atom stereocenters. The van der Waals surface area contributed by atoms with Crippen LogP contribution in [0.5, 0.6) is 5.75 Å². The summed E-state index contributed by atoms with van der Waals surface area (Å²) in [5.74, 6) is 1.29. The van der Waals surface area contributed by atoms with Crippen molar-refractivity contribution in [1.29, 1.82) is 0 Å². The van der Waals surface area contributed by atoms with Crippen LogP contribution in [0.25, 0.3) is 0 Å². The number of hydrogen-bond acceptors (Lipinski definition) is 2. The molecule has 0 aliphatic carbocycles. The smallest absolute Gasteiger partial charge is 0.123 e. The van der Waals surface area contributed by atoms with Crippen LogP contribution >= 0.6 is 15.9 Å². The van der Waals surface area contributed by atoms with Crippen LogP contribution in [-0.4, -0.2) is 12.9 Å². The van der Waals surface area contributed by atoms with E-state index in [9.17, 15) is 4.79 Å². The molecule has 0 spiro atoms. The molecule has 0 aliphatic heterocycles. The Kier molecular flexibility index (Phi) is 5.00. The zero-order chi connectivity index (χ0) is 12.1. The summed E-state index contributed by atoms with van der Waals surface area (Å²) in [6.07, 6.45) is 1.31. The third-order valence-corrected chi connectivity index (χ3v) is 3.26. The first-order valence-electron chi connectivity index (χ1n) is 5.42. The second-order valence-electron chi connectivity index (χ2n) is 4.10. The van der Waals surface area contributed by atoms with Gasteiger partial charge in [-0.25, -0.2) is 0 Å². The SMILES string of the molecule is Cc1cc(OCCC=O)c(C(C)C)cc1Br. The lowest BCUT2D eigenvalue weighted by atomic mass is 10.0. The Balaban J connectivity index is 2.95. The fraction of sp³-hybridized carbons (Fsp3) is 0.462. The zero-order valence-corrected chi connectivity index (χ0v) is 11.5. The van der Waals surface area contributed by atoms with Gasteiger partial charge in [0.25, 0.3) is 0 Å². The number of carbonyl (C=O) groups excluding carboxylic acids is 1. The molecule has 1 aromatic rings. The van der Waals surface area contributed by atoms with Crippen molar-refractivity contribution in [2.75, 3.05) is 6.61 Å². The van der Waals surface area contributed by atoms with Crippen molar-refractivity contribution in [2.45, 2.75) is 33.1 Å². The van der Waals surface area contributed by atoms with Gasteiger partial charge in [0, 0.05) is 10.9 Å². The second kappa shape index (κ2) is 6.04. The summed E-state index contributed by atoms with van der Waals surface area (Å²) in [6, 6.07) is 4.11. The summed E-state index contributed by atoms with van der Waals surface area (Å²) in [4.78, 5) is 10.2. The van der Waals surface area contributed by atoms with Crippen LogP contribution in [0.2, 0.25) is 0 Å². The van der Waals surface area contributed by atoms with Crippen LogP contribution < -0.4 is 4.74 Å². The Morgan fingerprint density at radius 1 is 1.44 bits per heavy atom. The molecule has 88 valence electrons. The van der Waals surface area contributed by atoms with Gasteiger partial charge in [0.05, 0.1) is 6.61 Å². The Morgan fingerprint density at radius 3 is 2.69 bits per heavy atom. The average molecular weight is 285 g/mol. The third-order valence-electron chi connectivity index (χ3n) is 2.41. The van der Waals surface area contributed by atoms with E-state index in [0.717, 1.165) is 22.1 Å². The van der Waals surface area contributed by atoms with E-state index in [1.54, 1.807) is 0 Å². The van der Waals surface area contributed by atoms with Crippen molar-refractivity contribution in [1.82, 2.24) is 0 Å². The largest absolute Gasteiger partial charge is 0.493 e. The molecule has 0 atom stereocenters. The molecular formula is C13H17BrO2. The quantitative estimate of drug-likeness (QED) is 0.606. The Hall–Kier alpha value is -0.830. The van der Waals surface area contributed by atoms with E-state index in [1.807, 2.05) is 13.0 Å². The van der Waals surface area contributed by atoms with Gasteiger partial charge in [-0.15, -0.1) is 0 Å². The number of rotatable bonds is 5. The van der Waals surface area contributed by atoms with Gasteiger partial charge in [-0.1, -0.05) is 29.8 Å². The minimum atomic E-state index is 0.406. The first-order valence-corrected chi connectivity index (χ1v) is 6.22. The molecule has 1 rings (SSSR count). The number of hydrogen-bond donors (Lipinski definition) is 0. The van der Waals surface area contributed by atoms with Gasteiger partial charge in [0.15, 0.2) is 0 Å². The Morgan fingerprint density at radius 2 is 2.12 bits per heavy atom. The normalized spacial score (nSPS) is 10.6. The first kappa shape index (κ1) is 13.2. The van der Waals surface area contributed by atoms with Crippen LogP contribution in [0.1, 0.15) is 37.3 Å². The predicted molar refractivity (Wildman–Crippen MR) is 69.1 cm³/mol. The van der Waals surface area contributed by atoms with E-state index < -0.39 is 0 Å². The molecule has 2 nitrogen and oxygen atoms in total. The summed E-state index contributed by atoms with van der Waals surface area (Å²) in [5, 5.41) is 0. The van der Waals surface area contributed by atoms with Crippen LogP contribution in [0.3, 0.4) is 0 Å². The molecule has 0 fully saturated rings. The highest BCUT2D eigenvalue weighted by molar-refractivity contribution is 9.10. The van der Waals surface area contributed by atoms with Crippen molar-refractivity contribution >= 4 is 22.2 Å². The molecule has 0 amide bonds. The maximum Gasteiger partial charge on any atom is 0.123 e. The lowest BCUT2D eigenvalue weighted by molar-refractivity contribution is -0.108. The number of ether oxygens (including phenoxy) is 1. The van der Waals surface area contributed by atoms with Gasteiger partial charge in [0.2, 0.25) is 0 Å². The van der Waals surface area contributed by atoms with E-state index >= 15 is 0 Å². The summed E-state index contributed by atoms with van der Waals surface area (Å²) < 4.78 is 6.72. The standard InChI is InChI=1S/C13H17BrO2/c1-9(2)11-8-12(14)10(3)7-13(11)16-6-4-5-15/h5,7-9H,4,6H2,1-3H3. The molecule has 0 aromatic heterocycles. The van der Waals surface area contributed by atoms with Crippen LogP contribution in [0, 0.1) is 6.92 Å². The predicted octanol–water partition coefficient (Wildman–Crippen LogP) is 3.85. The summed E-state index contributed by atoms with van der Waals surface area (Å²) >= 11 is 3.52. The minimum Gasteiger partial charge on any atom is -0.493 e. The molecule has 3 heteroatoms. The summed E-state index contributed by atoms with van der Waals surface area (Å²) in [6.45, 7) is 6.73. The van der Waals surface area contributed by atoms with Gasteiger partial charge in [-0.05, 0) is 36.1 Å². The molecule has 0 saturated heterocycles. The highest BCUT2D eigenvalue weighted by atomic mass is 79.9. The third kappa shape index (κ3) is 3.34. The number of benzene rings is 1. The molecule has 16 heavy (non-hydrogen) atoms. The van der Waals surface area contributed by atoms with Gasteiger partial charge < -0.3 is 9.53 Å². The first-order chi connectivity index (χ1) is 7.56. The maximum absolute atomic E-state index is 10.2. The van der Waals surface area contributed by atoms with Crippen LogP contribution in [-0.2, 0) is 4.79 Å². The second-order valence-corrected chi connectivity index (χ2v) is 4.95. The Bertz CT molecular complexity index is 372. The van der Waals surface area contributed by atoms with Crippen LogP contribution in [0.15, 0.2) is 16.6 Å². The fourth-order valence-electron chi connectivity index (χ4n) is 1.46. The number of carbonyl (C=O) groups is 1. The van der Waals surface area contributed by atoms with Gasteiger partial charge in [0.1, 0.15) is 12.0 Å². The van der Waals surface area contributed by atoms with Crippen molar-refractivity contribution in [3.8, 4) is 5.75 Å². The topological polar surface area (TPSA) is 26.3 Å². The van der Waals surface area contributed by atoms with E-state index in [-0.39, 0.29) is 0 Å². The summed E-state index contributed by atoms with van der Waals surface area (Å²) in [7, 11) is 0. The van der Waals surface area contributed by atoms with Gasteiger partial charge >= 0.3 is 0 Å². The Labute approximate surface area is 105 Å². The lowest BCUT2D eigenvalue weighted by Crippen LogP contribution is -2.02. The van der Waals surface area contributed by atoms with E-state index in [1.165, 1.54) is 5.56 Å². The molecule has 0 radical (unpaired) electrons. The number of halogens is 1. The van der Waals surface area contributed by atoms with E-state index in [2.05, 4.69) is 35.8 Å². The van der Waals surface area contributed by atoms with Crippen molar-refractivity contribution in [2.24, 2.45) is 0 Å². The zero-order valence-electron chi connectivity index (χ0n) is 9.92. The molecule has 0 saturated carbocycles. The lowest BCUT2D eigenvalue weighted by Gasteiger charge is -2.15. The number of aldehydes is 1. The van der Waals surface area contributed by atoms with Crippen LogP contribution in [0.4, 0.5) is 0 Å². The van der Waals surface area contributed by atoms with E-state index in [4.69, 9.17) is 4.74 Å². The maximum atomic E-state index is 10.2. The molecule has 0 heterocycles. The summed E-state index contributed by atoms with van der Waals surface area (Å²) in [5.41, 5.74) is 2.31. The number of aryl methyl sites for hydroxylation is 1. The molecule has 1 aromatic carbocycles. The van der Waals surface area contributed by atoms with Crippen molar-refractivity contribution in [3.63, 3.8) is 0 Å². The highest BCUT2D eigenvalue weighted by Crippen LogP contribution is 2.32. The highest BCUT2D eigenvalue weighted by Gasteiger charge is 2.10.